The molecule has 2 aliphatic rings. The number of hydrogen-bond acceptors (Lipinski definition) is 2. The van der Waals surface area contributed by atoms with Crippen LogP contribution in [-0.4, -0.2) is 23.8 Å². The van der Waals surface area contributed by atoms with E-state index in [4.69, 9.17) is 11.6 Å². The first-order valence-electron chi connectivity index (χ1n) is 7.50. The Labute approximate surface area is 130 Å². The Morgan fingerprint density at radius 1 is 1.24 bits per heavy atom. The molecule has 1 saturated carbocycles. The largest absolute Gasteiger partial charge is 0.281 e. The third kappa shape index (κ3) is 2.38. The third-order valence-electron chi connectivity index (χ3n) is 5.04. The lowest BCUT2D eigenvalue weighted by Crippen LogP contribution is -2.39. The molecule has 1 aliphatic carbocycles. The fraction of sp³-hybridized carbons (Fsp3) is 0.529. The van der Waals surface area contributed by atoms with Crippen molar-refractivity contribution in [2.24, 2.45) is 5.41 Å². The molecule has 1 aliphatic heterocycles. The minimum Gasteiger partial charge on any atom is -0.281 e. The molecule has 2 amide bonds. The van der Waals surface area contributed by atoms with Gasteiger partial charge in [-0.05, 0) is 35.4 Å². The van der Waals surface area contributed by atoms with E-state index in [2.05, 4.69) is 6.92 Å². The maximum absolute atomic E-state index is 12.3. The first-order chi connectivity index (χ1) is 9.92. The van der Waals surface area contributed by atoms with Gasteiger partial charge in [0.1, 0.15) is 0 Å². The Morgan fingerprint density at radius 3 is 2.57 bits per heavy atom. The monoisotopic (exact) mass is 305 g/mol. The number of carbonyl (C=O) groups excluding carboxylic acids is 2. The summed E-state index contributed by atoms with van der Waals surface area (Å²) in [5.41, 5.74) is 2.54. The van der Waals surface area contributed by atoms with Crippen LogP contribution in [0.2, 0.25) is 0 Å². The van der Waals surface area contributed by atoms with Gasteiger partial charge in [-0.2, -0.15) is 0 Å². The van der Waals surface area contributed by atoms with E-state index in [9.17, 15) is 9.59 Å². The Bertz CT molecular complexity index is 605. The van der Waals surface area contributed by atoms with E-state index in [1.165, 1.54) is 24.8 Å². The van der Waals surface area contributed by atoms with Crippen molar-refractivity contribution in [1.82, 2.24) is 4.90 Å². The van der Waals surface area contributed by atoms with Crippen LogP contribution in [0.4, 0.5) is 0 Å². The van der Waals surface area contributed by atoms with Gasteiger partial charge < -0.3 is 0 Å². The highest BCUT2D eigenvalue weighted by Gasteiger charge is 2.37. The molecular formula is C17H20ClNO2. The Hall–Kier alpha value is -1.35. The molecule has 1 unspecified atom stereocenters. The van der Waals surface area contributed by atoms with Gasteiger partial charge in [0.2, 0.25) is 5.91 Å². The molecule has 112 valence electrons. The molecule has 1 aromatic carbocycles. The molecule has 0 radical (unpaired) electrons. The summed E-state index contributed by atoms with van der Waals surface area (Å²) >= 11 is 6.72. The number of likely N-dealkylation sites (N-methyl/N-ethyl adjacent to an activating group) is 1. The van der Waals surface area contributed by atoms with Gasteiger partial charge in [0.15, 0.2) is 0 Å². The Kier molecular flexibility index (Phi) is 3.56. The van der Waals surface area contributed by atoms with Gasteiger partial charge in [-0.1, -0.05) is 31.9 Å². The van der Waals surface area contributed by atoms with Crippen molar-refractivity contribution in [3.8, 4) is 0 Å². The van der Waals surface area contributed by atoms with Gasteiger partial charge in [-0.3, -0.25) is 14.5 Å². The quantitative estimate of drug-likeness (QED) is 0.617. The summed E-state index contributed by atoms with van der Waals surface area (Å²) < 4.78 is 0. The fourth-order valence-electron chi connectivity index (χ4n) is 3.52. The van der Waals surface area contributed by atoms with Crippen LogP contribution >= 0.6 is 11.6 Å². The van der Waals surface area contributed by atoms with Gasteiger partial charge >= 0.3 is 0 Å². The van der Waals surface area contributed by atoms with E-state index in [1.54, 1.807) is 0 Å². The number of nitrogens with zero attached hydrogens (tertiary/aromatic N) is 1. The molecule has 3 rings (SSSR count). The first-order valence-corrected chi connectivity index (χ1v) is 7.94. The van der Waals surface area contributed by atoms with E-state index >= 15 is 0 Å². The number of imide groups is 1. The van der Waals surface area contributed by atoms with Gasteiger partial charge in [0.05, 0.1) is 11.8 Å². The van der Waals surface area contributed by atoms with Gasteiger partial charge in [0.25, 0.3) is 5.91 Å². The lowest BCUT2D eigenvalue weighted by molar-refractivity contribution is -0.127. The molecule has 0 N–H and O–H groups in total. The topological polar surface area (TPSA) is 37.4 Å². The number of carbonyl (C=O) groups is 2. The van der Waals surface area contributed by atoms with E-state index in [0.29, 0.717) is 12.0 Å². The zero-order chi connectivity index (χ0) is 15.2. The van der Waals surface area contributed by atoms with E-state index in [1.807, 2.05) is 18.2 Å². The standard InChI is InChI=1S/C17H20ClNO2/c1-17(7-3-4-8-17)15(18)12-6-5-11-10-14(20)19(2)16(21)13(11)9-12/h5-6,9,15H,3-4,7-8,10H2,1-2H3. The molecule has 3 nitrogen and oxygen atoms in total. The second kappa shape index (κ2) is 5.13. The molecule has 4 heteroatoms. The van der Waals surface area contributed by atoms with Crippen LogP contribution in [0.15, 0.2) is 18.2 Å². The molecule has 1 aromatic rings. The molecular weight excluding hydrogens is 286 g/mol. The molecule has 0 spiro atoms. The number of amides is 2. The number of alkyl halides is 1. The summed E-state index contributed by atoms with van der Waals surface area (Å²) in [4.78, 5) is 25.2. The van der Waals surface area contributed by atoms with Crippen molar-refractivity contribution in [3.05, 3.63) is 34.9 Å². The van der Waals surface area contributed by atoms with Crippen LogP contribution in [0.1, 0.15) is 59.5 Å². The highest BCUT2D eigenvalue weighted by Crippen LogP contribution is 2.50. The second-order valence-electron chi connectivity index (χ2n) is 6.57. The average molecular weight is 306 g/mol. The van der Waals surface area contributed by atoms with Crippen molar-refractivity contribution in [3.63, 3.8) is 0 Å². The number of benzene rings is 1. The SMILES string of the molecule is CN1C(=O)Cc2ccc(C(Cl)C3(C)CCCC3)cc2C1=O. The van der Waals surface area contributed by atoms with Gasteiger partial charge in [-0.15, -0.1) is 11.6 Å². The van der Waals surface area contributed by atoms with E-state index in [-0.39, 0.29) is 22.6 Å². The minimum atomic E-state index is -0.219. The maximum atomic E-state index is 12.3. The number of halogens is 1. The van der Waals surface area contributed by atoms with Crippen LogP contribution in [-0.2, 0) is 11.2 Å². The smallest absolute Gasteiger partial charge is 0.260 e. The lowest BCUT2D eigenvalue weighted by atomic mass is 9.80. The van der Waals surface area contributed by atoms with Crippen LogP contribution in [0.5, 0.6) is 0 Å². The van der Waals surface area contributed by atoms with E-state index in [0.717, 1.165) is 24.0 Å². The summed E-state index contributed by atoms with van der Waals surface area (Å²) in [5.74, 6) is -0.367. The molecule has 1 atom stereocenters. The predicted molar refractivity (Wildman–Crippen MR) is 82.4 cm³/mol. The van der Waals surface area contributed by atoms with Gasteiger partial charge in [-0.25, -0.2) is 0 Å². The van der Waals surface area contributed by atoms with Crippen molar-refractivity contribution in [2.45, 2.75) is 44.4 Å². The third-order valence-corrected chi connectivity index (χ3v) is 5.81. The molecule has 1 fully saturated rings. The van der Waals surface area contributed by atoms with Crippen molar-refractivity contribution in [1.29, 1.82) is 0 Å². The molecule has 0 aromatic heterocycles. The first kappa shape index (κ1) is 14.6. The number of hydrogen-bond donors (Lipinski definition) is 0. The summed E-state index contributed by atoms with van der Waals surface area (Å²) in [6.45, 7) is 2.23. The van der Waals surface area contributed by atoms with Crippen molar-refractivity contribution >= 4 is 23.4 Å². The second-order valence-corrected chi connectivity index (χ2v) is 7.01. The molecule has 1 heterocycles. The van der Waals surface area contributed by atoms with Crippen LogP contribution in [0.25, 0.3) is 0 Å². The van der Waals surface area contributed by atoms with Gasteiger partial charge in [0, 0.05) is 12.6 Å². The minimum absolute atomic E-state index is 0.0824. The van der Waals surface area contributed by atoms with Crippen LogP contribution in [0, 0.1) is 5.41 Å². The highest BCUT2D eigenvalue weighted by molar-refractivity contribution is 6.21. The Balaban J connectivity index is 1.96. The van der Waals surface area contributed by atoms with Crippen molar-refractivity contribution in [2.75, 3.05) is 7.05 Å². The van der Waals surface area contributed by atoms with Crippen LogP contribution < -0.4 is 0 Å². The maximum Gasteiger partial charge on any atom is 0.260 e. The lowest BCUT2D eigenvalue weighted by Gasteiger charge is -2.31. The molecule has 21 heavy (non-hydrogen) atoms. The summed E-state index contributed by atoms with van der Waals surface area (Å²) in [6.07, 6.45) is 5.00. The predicted octanol–water partition coefficient (Wildman–Crippen LogP) is 3.70. The normalized spacial score (nSPS) is 22.3. The van der Waals surface area contributed by atoms with Crippen molar-refractivity contribution < 1.29 is 9.59 Å². The fourth-order valence-corrected chi connectivity index (χ4v) is 3.87. The number of fused-ring (bicyclic) bond motifs is 1. The molecule has 0 saturated heterocycles. The summed E-state index contributed by atoms with van der Waals surface area (Å²) in [5, 5.41) is -0.0824. The zero-order valence-corrected chi connectivity index (χ0v) is 13.2. The zero-order valence-electron chi connectivity index (χ0n) is 12.5. The number of rotatable bonds is 2. The summed E-state index contributed by atoms with van der Waals surface area (Å²) in [6, 6.07) is 5.76. The van der Waals surface area contributed by atoms with E-state index < -0.39 is 0 Å². The summed E-state index contributed by atoms with van der Waals surface area (Å²) in [7, 11) is 1.54. The molecule has 0 bridgehead atoms. The highest BCUT2D eigenvalue weighted by atomic mass is 35.5. The average Bonchev–Trinajstić information content (AvgIpc) is 2.92. The Morgan fingerprint density at radius 2 is 1.90 bits per heavy atom. The van der Waals surface area contributed by atoms with Crippen LogP contribution in [0.3, 0.4) is 0 Å².